The number of phenols is 1. The third-order valence-corrected chi connectivity index (χ3v) is 2.38. The van der Waals surface area contributed by atoms with Crippen LogP contribution in [-0.2, 0) is 17.8 Å². The Morgan fingerprint density at radius 2 is 2.23 bits per heavy atom. The van der Waals surface area contributed by atoms with Crippen LogP contribution in [0.15, 0.2) is 18.2 Å². The molecule has 0 saturated heterocycles. The van der Waals surface area contributed by atoms with Crippen molar-refractivity contribution in [1.82, 2.24) is 4.90 Å². The summed E-state index contributed by atoms with van der Waals surface area (Å²) >= 11 is 0. The Bertz CT molecular complexity index is 336. The number of hydrogen-bond acceptors (Lipinski definition) is 2. The average molecular weight is 177 g/mol. The second-order valence-electron chi connectivity index (χ2n) is 3.28. The van der Waals surface area contributed by atoms with E-state index in [1.807, 2.05) is 6.07 Å². The fraction of sp³-hybridized carbons (Fsp3) is 0.300. The molecular weight excluding hydrogens is 166 g/mol. The highest BCUT2D eigenvalue weighted by molar-refractivity contribution is 5.49. The lowest BCUT2D eigenvalue weighted by Crippen LogP contribution is -2.28. The normalized spacial score (nSPS) is 15.2. The van der Waals surface area contributed by atoms with Crippen LogP contribution in [-0.4, -0.2) is 23.0 Å². The highest BCUT2D eigenvalue weighted by Gasteiger charge is 2.14. The van der Waals surface area contributed by atoms with Gasteiger partial charge >= 0.3 is 0 Å². The SMILES string of the molecule is O=CN1CCc2cc(O)ccc2C1. The maximum atomic E-state index is 10.5. The van der Waals surface area contributed by atoms with E-state index in [0.717, 1.165) is 30.5 Å². The molecule has 3 heteroatoms. The second-order valence-corrected chi connectivity index (χ2v) is 3.28. The van der Waals surface area contributed by atoms with E-state index in [9.17, 15) is 9.90 Å². The number of aromatic hydroxyl groups is 1. The summed E-state index contributed by atoms with van der Waals surface area (Å²) in [5, 5.41) is 9.23. The molecule has 1 amide bonds. The topological polar surface area (TPSA) is 40.5 Å². The van der Waals surface area contributed by atoms with E-state index in [1.54, 1.807) is 17.0 Å². The van der Waals surface area contributed by atoms with Crippen LogP contribution in [0.2, 0.25) is 0 Å². The van der Waals surface area contributed by atoms with Crippen LogP contribution < -0.4 is 0 Å². The zero-order chi connectivity index (χ0) is 9.26. The maximum Gasteiger partial charge on any atom is 0.210 e. The second kappa shape index (κ2) is 3.09. The number of rotatable bonds is 1. The Morgan fingerprint density at radius 1 is 1.38 bits per heavy atom. The number of nitrogens with zero attached hydrogens (tertiary/aromatic N) is 1. The highest BCUT2D eigenvalue weighted by atomic mass is 16.3. The fourth-order valence-corrected chi connectivity index (χ4v) is 1.65. The third kappa shape index (κ3) is 1.49. The first kappa shape index (κ1) is 8.10. The highest BCUT2D eigenvalue weighted by Crippen LogP contribution is 2.21. The molecule has 0 atom stereocenters. The summed E-state index contributed by atoms with van der Waals surface area (Å²) in [6.07, 6.45) is 1.71. The molecule has 0 aliphatic carbocycles. The van der Waals surface area contributed by atoms with Gasteiger partial charge in [-0.1, -0.05) is 6.07 Å². The van der Waals surface area contributed by atoms with Crippen LogP contribution >= 0.6 is 0 Å². The molecule has 0 radical (unpaired) electrons. The molecule has 0 aromatic heterocycles. The Morgan fingerprint density at radius 3 is 3.00 bits per heavy atom. The maximum absolute atomic E-state index is 10.5. The van der Waals surface area contributed by atoms with Gasteiger partial charge in [-0.3, -0.25) is 4.79 Å². The number of benzene rings is 1. The molecule has 0 unspecified atom stereocenters. The molecule has 0 spiro atoms. The molecular formula is C10H11NO2. The van der Waals surface area contributed by atoms with E-state index in [4.69, 9.17) is 0 Å². The number of carbonyl (C=O) groups is 1. The van der Waals surface area contributed by atoms with Gasteiger partial charge in [0.25, 0.3) is 0 Å². The van der Waals surface area contributed by atoms with E-state index in [-0.39, 0.29) is 0 Å². The van der Waals surface area contributed by atoms with Crippen LogP contribution in [0.5, 0.6) is 5.75 Å². The summed E-state index contributed by atoms with van der Waals surface area (Å²) in [5.41, 5.74) is 2.29. The largest absolute Gasteiger partial charge is 0.508 e. The van der Waals surface area contributed by atoms with Crippen molar-refractivity contribution in [3.05, 3.63) is 29.3 Å². The predicted octanol–water partition coefficient (Wildman–Crippen LogP) is 0.907. The van der Waals surface area contributed by atoms with Crippen molar-refractivity contribution in [2.24, 2.45) is 0 Å². The van der Waals surface area contributed by atoms with Gasteiger partial charge in [0.2, 0.25) is 6.41 Å². The monoisotopic (exact) mass is 177 g/mol. The minimum absolute atomic E-state index is 0.304. The van der Waals surface area contributed by atoms with E-state index in [2.05, 4.69) is 0 Å². The van der Waals surface area contributed by atoms with Crippen molar-refractivity contribution >= 4 is 6.41 Å². The number of hydrogen-bond donors (Lipinski definition) is 1. The Hall–Kier alpha value is -1.51. The molecule has 0 bridgehead atoms. The summed E-state index contributed by atoms with van der Waals surface area (Å²) in [6.45, 7) is 1.42. The van der Waals surface area contributed by atoms with E-state index < -0.39 is 0 Å². The van der Waals surface area contributed by atoms with Crippen molar-refractivity contribution in [2.45, 2.75) is 13.0 Å². The molecule has 3 nitrogen and oxygen atoms in total. The van der Waals surface area contributed by atoms with Gasteiger partial charge in [-0.05, 0) is 29.7 Å². The lowest BCUT2D eigenvalue weighted by atomic mass is 10.00. The van der Waals surface area contributed by atoms with Gasteiger partial charge in [-0.25, -0.2) is 0 Å². The number of amides is 1. The third-order valence-electron chi connectivity index (χ3n) is 2.38. The molecule has 0 saturated carbocycles. The van der Waals surface area contributed by atoms with Crippen LogP contribution in [0.4, 0.5) is 0 Å². The zero-order valence-electron chi connectivity index (χ0n) is 7.23. The van der Waals surface area contributed by atoms with Gasteiger partial charge in [-0.15, -0.1) is 0 Å². The molecule has 1 aliphatic rings. The minimum atomic E-state index is 0.304. The van der Waals surface area contributed by atoms with Gasteiger partial charge in [0.05, 0.1) is 0 Å². The van der Waals surface area contributed by atoms with E-state index >= 15 is 0 Å². The number of carbonyl (C=O) groups excluding carboxylic acids is 1. The quantitative estimate of drug-likeness (QED) is 0.647. The summed E-state index contributed by atoms with van der Waals surface area (Å²) in [6, 6.07) is 5.31. The first-order valence-electron chi connectivity index (χ1n) is 4.30. The predicted molar refractivity (Wildman–Crippen MR) is 48.3 cm³/mol. The smallest absolute Gasteiger partial charge is 0.210 e. The Kier molecular flexibility index (Phi) is 1.93. The first-order valence-corrected chi connectivity index (χ1v) is 4.30. The van der Waals surface area contributed by atoms with Crippen LogP contribution in [0.25, 0.3) is 0 Å². The zero-order valence-corrected chi connectivity index (χ0v) is 7.23. The van der Waals surface area contributed by atoms with Crippen molar-refractivity contribution < 1.29 is 9.90 Å². The molecule has 2 rings (SSSR count). The Labute approximate surface area is 76.6 Å². The van der Waals surface area contributed by atoms with Crippen LogP contribution in [0, 0.1) is 0 Å². The molecule has 13 heavy (non-hydrogen) atoms. The molecule has 68 valence electrons. The summed E-state index contributed by atoms with van der Waals surface area (Å²) in [4.78, 5) is 12.2. The summed E-state index contributed by atoms with van der Waals surface area (Å²) in [5.74, 6) is 0.304. The van der Waals surface area contributed by atoms with Crippen molar-refractivity contribution in [2.75, 3.05) is 6.54 Å². The molecule has 1 aromatic carbocycles. The van der Waals surface area contributed by atoms with Crippen molar-refractivity contribution in [3.8, 4) is 5.75 Å². The average Bonchev–Trinajstić information content (AvgIpc) is 2.17. The Balaban J connectivity index is 2.31. The first-order chi connectivity index (χ1) is 6.29. The lowest BCUT2D eigenvalue weighted by Gasteiger charge is -2.25. The molecule has 1 heterocycles. The number of fused-ring (bicyclic) bond motifs is 1. The van der Waals surface area contributed by atoms with E-state index in [0.29, 0.717) is 12.3 Å². The minimum Gasteiger partial charge on any atom is -0.508 e. The molecule has 1 N–H and O–H groups in total. The van der Waals surface area contributed by atoms with Gasteiger partial charge in [0.15, 0.2) is 0 Å². The number of phenolic OH excluding ortho intramolecular Hbond substituents is 1. The lowest BCUT2D eigenvalue weighted by molar-refractivity contribution is -0.118. The molecule has 1 aromatic rings. The molecule has 1 aliphatic heterocycles. The fourth-order valence-electron chi connectivity index (χ4n) is 1.65. The van der Waals surface area contributed by atoms with Crippen LogP contribution in [0.3, 0.4) is 0 Å². The van der Waals surface area contributed by atoms with Gasteiger partial charge in [0, 0.05) is 13.1 Å². The van der Waals surface area contributed by atoms with Gasteiger partial charge in [-0.2, -0.15) is 0 Å². The molecule has 0 fully saturated rings. The standard InChI is InChI=1S/C10H11NO2/c12-7-11-4-3-8-5-10(13)2-1-9(8)6-11/h1-2,5,7,13H,3-4,6H2. The van der Waals surface area contributed by atoms with E-state index in [1.165, 1.54) is 0 Å². The van der Waals surface area contributed by atoms with Gasteiger partial charge in [0.1, 0.15) is 5.75 Å². The van der Waals surface area contributed by atoms with Crippen molar-refractivity contribution in [1.29, 1.82) is 0 Å². The van der Waals surface area contributed by atoms with Gasteiger partial charge < -0.3 is 10.0 Å². The summed E-state index contributed by atoms with van der Waals surface area (Å²) in [7, 11) is 0. The summed E-state index contributed by atoms with van der Waals surface area (Å²) < 4.78 is 0. The van der Waals surface area contributed by atoms with Crippen molar-refractivity contribution in [3.63, 3.8) is 0 Å². The van der Waals surface area contributed by atoms with Crippen LogP contribution in [0.1, 0.15) is 11.1 Å².